The van der Waals surface area contributed by atoms with Crippen molar-refractivity contribution in [1.82, 2.24) is 4.90 Å². The summed E-state index contributed by atoms with van der Waals surface area (Å²) in [5.74, 6) is -2.26. The van der Waals surface area contributed by atoms with Crippen molar-refractivity contribution in [2.45, 2.75) is 24.4 Å². The Morgan fingerprint density at radius 2 is 1.51 bits per heavy atom. The number of rotatable bonds is 4. The molecule has 2 aliphatic rings. The summed E-state index contributed by atoms with van der Waals surface area (Å²) in [7, 11) is 0. The second kappa shape index (κ2) is 9.78. The molecule has 4 aromatic rings. The highest BCUT2D eigenvalue weighted by molar-refractivity contribution is 9.10. The first-order valence-electron chi connectivity index (χ1n) is 12.7. The Bertz CT molecular complexity index is 1590. The van der Waals surface area contributed by atoms with Crippen LogP contribution in [0, 0.1) is 5.92 Å². The van der Waals surface area contributed by atoms with Crippen LogP contribution in [0.1, 0.15) is 44.7 Å². The molecule has 6 rings (SSSR count). The molecule has 194 valence electrons. The molecule has 0 aliphatic carbocycles. The standard InChI is InChI=1S/C32H24BrClN2O3/c1-19-27(20-8-4-2-5-9-20)28(29(37)21-10-6-3-7-11-21)32(25-18-23(33)14-17-26(25)35-31(32)39)36(19)30(38)22-12-15-24(34)16-13-22/h2-19,27-28H,1H3,(H,35,39). The minimum absolute atomic E-state index is 0.189. The van der Waals surface area contributed by atoms with Gasteiger partial charge >= 0.3 is 0 Å². The van der Waals surface area contributed by atoms with Crippen LogP contribution in [0.4, 0.5) is 5.69 Å². The first kappa shape index (κ1) is 25.5. The number of likely N-dealkylation sites (tertiary alicyclic amines) is 1. The van der Waals surface area contributed by atoms with Crippen LogP contribution in [-0.2, 0) is 10.3 Å². The molecule has 0 bridgehead atoms. The molecule has 2 aliphatic heterocycles. The van der Waals surface area contributed by atoms with Crippen LogP contribution in [0.15, 0.2) is 108 Å². The van der Waals surface area contributed by atoms with Crippen LogP contribution in [0.25, 0.3) is 0 Å². The van der Waals surface area contributed by atoms with E-state index >= 15 is 0 Å². The molecule has 4 aromatic carbocycles. The average molecular weight is 600 g/mol. The van der Waals surface area contributed by atoms with E-state index in [1.54, 1.807) is 41.3 Å². The SMILES string of the molecule is CC1C(c2ccccc2)C(C(=O)c2ccccc2)C2(C(=O)Nc3ccc(Br)cc32)N1C(=O)c1ccc(Cl)cc1. The number of Topliss-reactive ketones (excluding diaryl/α,β-unsaturated/α-hetero) is 1. The van der Waals surface area contributed by atoms with E-state index in [0.29, 0.717) is 27.4 Å². The van der Waals surface area contributed by atoms with Crippen molar-refractivity contribution in [2.75, 3.05) is 5.32 Å². The lowest BCUT2D eigenvalue weighted by molar-refractivity contribution is -0.126. The van der Waals surface area contributed by atoms with Crippen LogP contribution < -0.4 is 5.32 Å². The lowest BCUT2D eigenvalue weighted by atomic mass is 9.69. The van der Waals surface area contributed by atoms with E-state index in [-0.39, 0.29) is 11.7 Å². The number of fused-ring (bicyclic) bond motifs is 2. The predicted octanol–water partition coefficient (Wildman–Crippen LogP) is 7.08. The molecule has 4 unspecified atom stereocenters. The van der Waals surface area contributed by atoms with Gasteiger partial charge in [-0.3, -0.25) is 14.4 Å². The number of nitrogens with one attached hydrogen (secondary N) is 1. The van der Waals surface area contributed by atoms with Gasteiger partial charge in [0, 0.05) is 43.8 Å². The summed E-state index contributed by atoms with van der Waals surface area (Å²) in [6.07, 6.45) is 0. The van der Waals surface area contributed by atoms with E-state index in [1.807, 2.05) is 73.7 Å². The summed E-state index contributed by atoms with van der Waals surface area (Å²) in [6, 6.07) is 30.3. The Kier molecular flexibility index (Phi) is 6.40. The summed E-state index contributed by atoms with van der Waals surface area (Å²) in [6.45, 7) is 1.93. The summed E-state index contributed by atoms with van der Waals surface area (Å²) in [4.78, 5) is 45.0. The number of anilines is 1. The third kappa shape index (κ3) is 3.93. The van der Waals surface area contributed by atoms with Crippen molar-refractivity contribution in [3.05, 3.63) is 135 Å². The van der Waals surface area contributed by atoms with Gasteiger partial charge in [-0.2, -0.15) is 0 Å². The highest BCUT2D eigenvalue weighted by Crippen LogP contribution is 2.59. The molecule has 0 saturated carbocycles. The summed E-state index contributed by atoms with van der Waals surface area (Å²) in [5, 5.41) is 3.51. The highest BCUT2D eigenvalue weighted by Gasteiger charge is 2.69. The fourth-order valence-corrected chi connectivity index (χ4v) is 6.84. The molecular weight excluding hydrogens is 576 g/mol. The molecule has 1 saturated heterocycles. The third-order valence-electron chi connectivity index (χ3n) is 7.94. The Morgan fingerprint density at radius 3 is 2.18 bits per heavy atom. The molecule has 1 N–H and O–H groups in total. The molecule has 2 amide bonds. The van der Waals surface area contributed by atoms with E-state index in [2.05, 4.69) is 21.2 Å². The molecule has 7 heteroatoms. The summed E-state index contributed by atoms with van der Waals surface area (Å²) in [5.41, 5.74) is 1.38. The van der Waals surface area contributed by atoms with Gasteiger partial charge < -0.3 is 10.2 Å². The smallest absolute Gasteiger partial charge is 0.255 e. The van der Waals surface area contributed by atoms with Crippen LogP contribution in [0.5, 0.6) is 0 Å². The van der Waals surface area contributed by atoms with Crippen molar-refractivity contribution >= 4 is 50.8 Å². The summed E-state index contributed by atoms with van der Waals surface area (Å²) >= 11 is 9.69. The van der Waals surface area contributed by atoms with E-state index in [1.165, 1.54) is 0 Å². The molecule has 0 aromatic heterocycles. The van der Waals surface area contributed by atoms with E-state index in [0.717, 1.165) is 10.0 Å². The van der Waals surface area contributed by atoms with Gasteiger partial charge in [-0.1, -0.05) is 88.2 Å². The Morgan fingerprint density at radius 1 is 0.872 bits per heavy atom. The number of carbonyl (C=O) groups is 3. The average Bonchev–Trinajstić information content (AvgIpc) is 3.39. The van der Waals surface area contributed by atoms with Crippen LogP contribution in [0.2, 0.25) is 5.02 Å². The fourth-order valence-electron chi connectivity index (χ4n) is 6.36. The van der Waals surface area contributed by atoms with Crippen LogP contribution >= 0.6 is 27.5 Å². The van der Waals surface area contributed by atoms with Crippen LogP contribution in [-0.4, -0.2) is 28.5 Å². The lowest BCUT2D eigenvalue weighted by Gasteiger charge is -2.38. The number of halogens is 2. The molecule has 1 fully saturated rings. The Balaban J connectivity index is 1.66. The maximum absolute atomic E-state index is 14.6. The van der Waals surface area contributed by atoms with Gasteiger partial charge in [0.15, 0.2) is 11.3 Å². The highest BCUT2D eigenvalue weighted by atomic mass is 79.9. The van der Waals surface area contributed by atoms with Crippen molar-refractivity contribution < 1.29 is 14.4 Å². The van der Waals surface area contributed by atoms with E-state index in [9.17, 15) is 14.4 Å². The number of ketones is 1. The minimum Gasteiger partial charge on any atom is -0.323 e. The van der Waals surface area contributed by atoms with Gasteiger partial charge in [-0.05, 0) is 55.0 Å². The molecular formula is C32H24BrClN2O3. The molecule has 5 nitrogen and oxygen atoms in total. The van der Waals surface area contributed by atoms with Crippen LogP contribution in [0.3, 0.4) is 0 Å². The van der Waals surface area contributed by atoms with Gasteiger partial charge in [0.05, 0.1) is 5.92 Å². The molecule has 1 spiro atoms. The van der Waals surface area contributed by atoms with Gasteiger partial charge in [0.2, 0.25) is 0 Å². The fraction of sp³-hybridized carbons (Fsp3) is 0.156. The lowest BCUT2D eigenvalue weighted by Crippen LogP contribution is -2.56. The Labute approximate surface area is 239 Å². The number of carbonyl (C=O) groups excluding carboxylic acids is 3. The van der Waals surface area contributed by atoms with Gasteiger partial charge in [0.1, 0.15) is 0 Å². The largest absolute Gasteiger partial charge is 0.323 e. The van der Waals surface area contributed by atoms with E-state index < -0.39 is 29.3 Å². The normalized spacial score (nSPS) is 23.5. The van der Waals surface area contributed by atoms with Gasteiger partial charge in [0.25, 0.3) is 11.8 Å². The maximum Gasteiger partial charge on any atom is 0.255 e. The number of amides is 2. The Hall–Kier alpha value is -3.74. The quantitative estimate of drug-likeness (QED) is 0.255. The topological polar surface area (TPSA) is 66.5 Å². The van der Waals surface area contributed by atoms with E-state index in [4.69, 9.17) is 11.6 Å². The van der Waals surface area contributed by atoms with Gasteiger partial charge in [-0.15, -0.1) is 0 Å². The zero-order valence-electron chi connectivity index (χ0n) is 21.0. The summed E-state index contributed by atoms with van der Waals surface area (Å²) < 4.78 is 0.748. The van der Waals surface area contributed by atoms with Crippen molar-refractivity contribution in [2.24, 2.45) is 5.92 Å². The first-order chi connectivity index (χ1) is 18.8. The zero-order chi connectivity index (χ0) is 27.3. The minimum atomic E-state index is -1.58. The molecule has 39 heavy (non-hydrogen) atoms. The number of hydrogen-bond acceptors (Lipinski definition) is 3. The zero-order valence-corrected chi connectivity index (χ0v) is 23.3. The van der Waals surface area contributed by atoms with Crippen molar-refractivity contribution in [3.8, 4) is 0 Å². The van der Waals surface area contributed by atoms with Crippen molar-refractivity contribution in [1.29, 1.82) is 0 Å². The maximum atomic E-state index is 14.6. The molecule has 0 radical (unpaired) electrons. The first-order valence-corrected chi connectivity index (χ1v) is 13.9. The second-order valence-corrected chi connectivity index (χ2v) is 11.3. The van der Waals surface area contributed by atoms with Crippen molar-refractivity contribution in [3.63, 3.8) is 0 Å². The molecule has 4 atom stereocenters. The number of hydrogen-bond donors (Lipinski definition) is 1. The second-order valence-electron chi connectivity index (χ2n) is 9.98. The number of benzene rings is 4. The third-order valence-corrected chi connectivity index (χ3v) is 8.68. The van der Waals surface area contributed by atoms with Gasteiger partial charge in [-0.25, -0.2) is 0 Å². The predicted molar refractivity (Wildman–Crippen MR) is 155 cm³/mol. The molecule has 2 heterocycles. The number of nitrogens with zero attached hydrogens (tertiary/aromatic N) is 1. The monoisotopic (exact) mass is 598 g/mol.